The molecule has 0 atom stereocenters. The first-order valence-electron chi connectivity index (χ1n) is 5.59. The Hall–Kier alpha value is -3.04. The van der Waals surface area contributed by atoms with E-state index in [-0.39, 0.29) is 12.2 Å². The zero-order valence-electron chi connectivity index (χ0n) is 10.4. The fourth-order valence-corrected chi connectivity index (χ4v) is 1.47. The molecule has 0 aliphatic heterocycles. The van der Waals surface area contributed by atoms with E-state index in [1.54, 1.807) is 0 Å². The summed E-state index contributed by atoms with van der Waals surface area (Å²) < 4.78 is 26.1. The number of nitrogens with one attached hydrogen (secondary N) is 3. The summed E-state index contributed by atoms with van der Waals surface area (Å²) in [6.07, 6.45) is 1.24. The number of hydrogen-bond acceptors (Lipinski definition) is 4. The Balaban J connectivity index is 2.09. The second-order valence-electron chi connectivity index (χ2n) is 3.86. The predicted octanol–water partition coefficient (Wildman–Crippen LogP) is 1.10. The van der Waals surface area contributed by atoms with E-state index in [2.05, 4.69) is 25.8 Å². The van der Waals surface area contributed by atoms with Crippen LogP contribution in [0.2, 0.25) is 0 Å². The van der Waals surface area contributed by atoms with E-state index >= 15 is 0 Å². The number of rotatable bonds is 4. The molecule has 2 aromatic rings. The van der Waals surface area contributed by atoms with Crippen molar-refractivity contribution in [2.75, 3.05) is 5.32 Å². The number of carboxylic acids is 1. The summed E-state index contributed by atoms with van der Waals surface area (Å²) in [5.74, 6) is -3.72. The molecule has 8 nitrogen and oxygen atoms in total. The molecule has 21 heavy (non-hydrogen) atoms. The van der Waals surface area contributed by atoms with Crippen LogP contribution in [0.3, 0.4) is 0 Å². The van der Waals surface area contributed by atoms with Crippen molar-refractivity contribution in [3.8, 4) is 0 Å². The zero-order chi connectivity index (χ0) is 15.4. The lowest BCUT2D eigenvalue weighted by atomic mass is 10.1. The predicted molar refractivity (Wildman–Crippen MR) is 65.6 cm³/mol. The summed E-state index contributed by atoms with van der Waals surface area (Å²) in [4.78, 5) is 26.3. The van der Waals surface area contributed by atoms with E-state index < -0.39 is 29.2 Å². The summed E-state index contributed by atoms with van der Waals surface area (Å²) in [5.41, 5.74) is -0.930. The van der Waals surface area contributed by atoms with Crippen LogP contribution in [0.1, 0.15) is 16.2 Å². The van der Waals surface area contributed by atoms with Gasteiger partial charge >= 0.3 is 12.0 Å². The van der Waals surface area contributed by atoms with Gasteiger partial charge in [-0.15, -0.1) is 0 Å². The van der Waals surface area contributed by atoms with E-state index in [0.717, 1.165) is 0 Å². The highest BCUT2D eigenvalue weighted by molar-refractivity contribution is 6.00. The first-order valence-corrected chi connectivity index (χ1v) is 5.59. The Morgan fingerprint density at radius 2 is 2.00 bits per heavy atom. The SMILES string of the molecule is O=C(NCc1ncn[nH]1)Nc1cc(F)c(F)cc1C(=O)O. The molecular weight excluding hydrogens is 288 g/mol. The first kappa shape index (κ1) is 14.4. The number of benzene rings is 1. The molecule has 1 heterocycles. The Morgan fingerprint density at radius 3 is 2.62 bits per heavy atom. The average molecular weight is 297 g/mol. The van der Waals surface area contributed by atoms with Crippen LogP contribution in [0.4, 0.5) is 19.3 Å². The molecule has 0 radical (unpaired) electrons. The second kappa shape index (κ2) is 5.94. The monoisotopic (exact) mass is 297 g/mol. The number of carbonyl (C=O) groups is 2. The van der Waals surface area contributed by atoms with Gasteiger partial charge in [0.2, 0.25) is 0 Å². The maximum atomic E-state index is 13.1. The minimum Gasteiger partial charge on any atom is -0.478 e. The number of carboxylic acid groups (broad SMARTS) is 1. The third-order valence-corrected chi connectivity index (χ3v) is 2.42. The maximum absolute atomic E-state index is 13.1. The minimum absolute atomic E-state index is 0.00207. The van der Waals surface area contributed by atoms with E-state index in [4.69, 9.17) is 5.11 Å². The number of nitrogens with zero attached hydrogens (tertiary/aromatic N) is 2. The molecule has 0 bridgehead atoms. The molecular formula is C11H9F2N5O3. The van der Waals surface area contributed by atoms with Gasteiger partial charge in [0.1, 0.15) is 12.2 Å². The number of aromatic carboxylic acids is 1. The van der Waals surface area contributed by atoms with Crippen molar-refractivity contribution >= 4 is 17.7 Å². The number of amides is 2. The van der Waals surface area contributed by atoms with E-state index in [0.29, 0.717) is 18.0 Å². The van der Waals surface area contributed by atoms with Crippen molar-refractivity contribution in [1.29, 1.82) is 0 Å². The standard InChI is InChI=1S/C11H9F2N5O3/c12-6-1-5(10(19)20)8(2-7(6)13)17-11(21)14-3-9-15-4-16-18-9/h1-2,4H,3H2,(H,19,20)(H2,14,17,21)(H,15,16,18). The number of carbonyl (C=O) groups excluding carboxylic acids is 1. The highest BCUT2D eigenvalue weighted by atomic mass is 19.2. The lowest BCUT2D eigenvalue weighted by molar-refractivity contribution is 0.0697. The van der Waals surface area contributed by atoms with Crippen molar-refractivity contribution in [2.45, 2.75) is 6.54 Å². The van der Waals surface area contributed by atoms with Crippen LogP contribution in [0.5, 0.6) is 0 Å². The number of aromatic amines is 1. The molecule has 0 unspecified atom stereocenters. The smallest absolute Gasteiger partial charge is 0.337 e. The van der Waals surface area contributed by atoms with Crippen LogP contribution < -0.4 is 10.6 Å². The van der Waals surface area contributed by atoms with Gasteiger partial charge in [-0.2, -0.15) is 5.10 Å². The molecule has 1 aromatic carbocycles. The third kappa shape index (κ3) is 3.49. The van der Waals surface area contributed by atoms with Crippen molar-refractivity contribution in [1.82, 2.24) is 20.5 Å². The molecule has 0 aliphatic carbocycles. The summed E-state index contributed by atoms with van der Waals surface area (Å²) in [7, 11) is 0. The third-order valence-electron chi connectivity index (χ3n) is 2.42. The van der Waals surface area contributed by atoms with Gasteiger partial charge in [0.15, 0.2) is 11.6 Å². The molecule has 0 fully saturated rings. The van der Waals surface area contributed by atoms with Crippen LogP contribution in [0, 0.1) is 11.6 Å². The highest BCUT2D eigenvalue weighted by Crippen LogP contribution is 2.20. The Morgan fingerprint density at radius 1 is 1.29 bits per heavy atom. The lowest BCUT2D eigenvalue weighted by Gasteiger charge is -2.09. The van der Waals surface area contributed by atoms with Gasteiger partial charge in [0, 0.05) is 6.07 Å². The quantitative estimate of drug-likeness (QED) is 0.673. The van der Waals surface area contributed by atoms with Gasteiger partial charge in [0.05, 0.1) is 17.8 Å². The lowest BCUT2D eigenvalue weighted by Crippen LogP contribution is -2.29. The molecule has 0 saturated carbocycles. The Bertz CT molecular complexity index is 675. The fourth-order valence-electron chi connectivity index (χ4n) is 1.47. The van der Waals surface area contributed by atoms with Crippen molar-refractivity contribution in [3.63, 3.8) is 0 Å². The second-order valence-corrected chi connectivity index (χ2v) is 3.86. The van der Waals surface area contributed by atoms with Crippen LogP contribution in [-0.4, -0.2) is 32.3 Å². The van der Waals surface area contributed by atoms with E-state index in [1.165, 1.54) is 6.33 Å². The van der Waals surface area contributed by atoms with Crippen LogP contribution in [0.25, 0.3) is 0 Å². The van der Waals surface area contributed by atoms with E-state index in [1.807, 2.05) is 0 Å². The van der Waals surface area contributed by atoms with Gasteiger partial charge in [-0.1, -0.05) is 0 Å². The molecule has 0 spiro atoms. The normalized spacial score (nSPS) is 10.2. The molecule has 0 saturated heterocycles. The first-order chi connectivity index (χ1) is 9.97. The molecule has 1 aromatic heterocycles. The fraction of sp³-hybridized carbons (Fsp3) is 0.0909. The Kier molecular flexibility index (Phi) is 4.07. The van der Waals surface area contributed by atoms with Crippen LogP contribution in [-0.2, 0) is 6.54 Å². The average Bonchev–Trinajstić information content (AvgIpc) is 2.93. The van der Waals surface area contributed by atoms with Crippen molar-refractivity contribution in [3.05, 3.63) is 41.5 Å². The topological polar surface area (TPSA) is 120 Å². The number of anilines is 1. The zero-order valence-corrected chi connectivity index (χ0v) is 10.4. The van der Waals surface area contributed by atoms with Crippen LogP contribution >= 0.6 is 0 Å². The summed E-state index contributed by atoms with van der Waals surface area (Å²) in [6.45, 7) is -0.00207. The van der Waals surface area contributed by atoms with Gasteiger partial charge in [-0.25, -0.2) is 23.4 Å². The number of halogens is 2. The van der Waals surface area contributed by atoms with Gasteiger partial charge in [0.25, 0.3) is 0 Å². The number of aromatic nitrogens is 3. The van der Waals surface area contributed by atoms with Crippen LogP contribution in [0.15, 0.2) is 18.5 Å². The van der Waals surface area contributed by atoms with Crippen molar-refractivity contribution < 1.29 is 23.5 Å². The van der Waals surface area contributed by atoms with Gasteiger partial charge in [-0.3, -0.25) is 5.10 Å². The molecule has 4 N–H and O–H groups in total. The largest absolute Gasteiger partial charge is 0.478 e. The number of hydrogen-bond donors (Lipinski definition) is 4. The molecule has 10 heteroatoms. The maximum Gasteiger partial charge on any atom is 0.337 e. The molecule has 2 rings (SSSR count). The van der Waals surface area contributed by atoms with Gasteiger partial charge < -0.3 is 15.7 Å². The molecule has 110 valence electrons. The summed E-state index contributed by atoms with van der Waals surface area (Å²) in [5, 5.41) is 19.4. The van der Waals surface area contributed by atoms with E-state index in [9.17, 15) is 18.4 Å². The van der Waals surface area contributed by atoms with Gasteiger partial charge in [-0.05, 0) is 6.07 Å². The molecule has 2 amide bonds. The minimum atomic E-state index is -1.50. The summed E-state index contributed by atoms with van der Waals surface area (Å²) >= 11 is 0. The number of urea groups is 1. The Labute approximate surface area is 116 Å². The summed E-state index contributed by atoms with van der Waals surface area (Å²) in [6, 6.07) is 0.274. The highest BCUT2D eigenvalue weighted by Gasteiger charge is 2.17. The van der Waals surface area contributed by atoms with Crippen molar-refractivity contribution in [2.24, 2.45) is 0 Å². The number of H-pyrrole nitrogens is 1. The molecule has 0 aliphatic rings.